The molecule has 2 N–H and O–H groups in total. The minimum absolute atomic E-state index is 0.221. The van der Waals surface area contributed by atoms with Crippen LogP contribution in [-0.2, 0) is 10.8 Å². The molecule has 5 heteroatoms. The maximum Gasteiger partial charge on any atom is 0.125 e. The van der Waals surface area contributed by atoms with E-state index in [-0.39, 0.29) is 5.69 Å². The quantitative estimate of drug-likeness (QED) is 0.633. The van der Waals surface area contributed by atoms with Crippen molar-refractivity contribution in [1.29, 1.82) is 5.26 Å². The molecule has 0 amide bonds. The standard InChI is InChI=1S/C11H13FN2OS/c12-9-4-5-11(10(14)8-9)16(15)7-3-1-2-6-13/h4-5,8H,1-3,7,14H2. The number of rotatable bonds is 5. The molecule has 0 aromatic heterocycles. The molecule has 16 heavy (non-hydrogen) atoms. The van der Waals surface area contributed by atoms with Gasteiger partial charge in [-0.25, -0.2) is 4.39 Å². The summed E-state index contributed by atoms with van der Waals surface area (Å²) in [6.45, 7) is 0. The van der Waals surface area contributed by atoms with Crippen LogP contribution >= 0.6 is 0 Å². The summed E-state index contributed by atoms with van der Waals surface area (Å²) in [6, 6.07) is 5.89. The molecule has 0 saturated carbocycles. The van der Waals surface area contributed by atoms with E-state index in [2.05, 4.69) is 0 Å². The Balaban J connectivity index is 2.57. The van der Waals surface area contributed by atoms with Crippen molar-refractivity contribution in [2.24, 2.45) is 0 Å². The van der Waals surface area contributed by atoms with Gasteiger partial charge in [-0.3, -0.25) is 4.21 Å². The minimum atomic E-state index is -1.21. The first-order chi connectivity index (χ1) is 7.65. The third-order valence-corrected chi connectivity index (χ3v) is 3.61. The minimum Gasteiger partial charge on any atom is -0.398 e. The van der Waals surface area contributed by atoms with Crippen LogP contribution in [0, 0.1) is 17.1 Å². The van der Waals surface area contributed by atoms with Crippen molar-refractivity contribution < 1.29 is 8.60 Å². The maximum absolute atomic E-state index is 12.7. The number of nitrogens with zero attached hydrogens (tertiary/aromatic N) is 1. The van der Waals surface area contributed by atoms with Crippen LogP contribution in [0.3, 0.4) is 0 Å². The number of hydrogen-bond donors (Lipinski definition) is 1. The van der Waals surface area contributed by atoms with Gasteiger partial charge in [0.25, 0.3) is 0 Å². The average molecular weight is 240 g/mol. The molecule has 0 spiro atoms. The number of halogens is 1. The lowest BCUT2D eigenvalue weighted by Crippen LogP contribution is -2.02. The zero-order valence-electron chi connectivity index (χ0n) is 8.78. The first-order valence-electron chi connectivity index (χ1n) is 4.95. The zero-order chi connectivity index (χ0) is 12.0. The summed E-state index contributed by atoms with van der Waals surface area (Å²) in [5.41, 5.74) is 5.79. The highest BCUT2D eigenvalue weighted by Crippen LogP contribution is 2.18. The van der Waals surface area contributed by atoms with Gasteiger partial charge in [-0.15, -0.1) is 0 Å². The number of nitrogens with two attached hydrogens (primary N) is 1. The van der Waals surface area contributed by atoms with Crippen LogP contribution in [0.2, 0.25) is 0 Å². The first kappa shape index (κ1) is 12.7. The Morgan fingerprint density at radius 3 is 2.81 bits per heavy atom. The van der Waals surface area contributed by atoms with Crippen molar-refractivity contribution in [2.75, 3.05) is 11.5 Å². The number of hydrogen-bond acceptors (Lipinski definition) is 3. The van der Waals surface area contributed by atoms with E-state index in [9.17, 15) is 8.60 Å². The van der Waals surface area contributed by atoms with Gasteiger partial charge in [-0.1, -0.05) is 0 Å². The lowest BCUT2D eigenvalue weighted by atomic mass is 10.3. The Morgan fingerprint density at radius 2 is 2.19 bits per heavy atom. The van der Waals surface area contributed by atoms with Crippen LogP contribution < -0.4 is 5.73 Å². The smallest absolute Gasteiger partial charge is 0.125 e. The fraction of sp³-hybridized carbons (Fsp3) is 0.364. The summed E-state index contributed by atoms with van der Waals surface area (Å²) in [5, 5.41) is 8.34. The van der Waals surface area contributed by atoms with Crippen LogP contribution in [0.4, 0.5) is 10.1 Å². The van der Waals surface area contributed by atoms with Crippen LogP contribution in [0.25, 0.3) is 0 Å². The van der Waals surface area contributed by atoms with E-state index in [0.717, 1.165) is 6.42 Å². The molecule has 0 radical (unpaired) electrons. The van der Waals surface area contributed by atoms with Crippen LogP contribution in [0.15, 0.2) is 23.1 Å². The van der Waals surface area contributed by atoms with Gasteiger partial charge < -0.3 is 5.73 Å². The second kappa shape index (κ2) is 6.23. The summed E-state index contributed by atoms with van der Waals surface area (Å²) in [7, 11) is -1.21. The predicted molar refractivity (Wildman–Crippen MR) is 61.6 cm³/mol. The van der Waals surface area contributed by atoms with Crippen molar-refractivity contribution in [2.45, 2.75) is 24.2 Å². The second-order valence-electron chi connectivity index (χ2n) is 3.35. The molecule has 0 saturated heterocycles. The molecule has 1 rings (SSSR count). The topological polar surface area (TPSA) is 66.9 Å². The Labute approximate surface area is 96.5 Å². The molecule has 3 nitrogen and oxygen atoms in total. The fourth-order valence-corrected chi connectivity index (χ4v) is 2.50. The molecule has 0 aliphatic carbocycles. The van der Waals surface area contributed by atoms with E-state index in [1.807, 2.05) is 6.07 Å². The Morgan fingerprint density at radius 1 is 1.44 bits per heavy atom. The number of nitrogen functional groups attached to an aromatic ring is 1. The lowest BCUT2D eigenvalue weighted by molar-refractivity contribution is 0.627. The Bertz CT molecular complexity index is 428. The molecule has 1 aromatic rings. The van der Waals surface area contributed by atoms with Crippen molar-refractivity contribution >= 4 is 16.5 Å². The van der Waals surface area contributed by atoms with Gasteiger partial charge in [0, 0.05) is 12.2 Å². The fourth-order valence-electron chi connectivity index (χ4n) is 1.27. The monoisotopic (exact) mass is 240 g/mol. The van der Waals surface area contributed by atoms with Crippen molar-refractivity contribution in [3.63, 3.8) is 0 Å². The Hall–Kier alpha value is -1.41. The maximum atomic E-state index is 12.7. The largest absolute Gasteiger partial charge is 0.398 e. The third kappa shape index (κ3) is 3.63. The normalized spacial score (nSPS) is 12.0. The summed E-state index contributed by atoms with van der Waals surface area (Å²) in [5.74, 6) is 0.0278. The van der Waals surface area contributed by atoms with Gasteiger partial charge in [0.05, 0.1) is 27.5 Å². The van der Waals surface area contributed by atoms with E-state index in [4.69, 9.17) is 11.0 Å². The summed E-state index contributed by atoms with van der Waals surface area (Å²) >= 11 is 0. The second-order valence-corrected chi connectivity index (χ2v) is 4.89. The van der Waals surface area contributed by atoms with Gasteiger partial charge in [0.1, 0.15) is 5.82 Å². The van der Waals surface area contributed by atoms with Crippen LogP contribution in [-0.4, -0.2) is 9.96 Å². The van der Waals surface area contributed by atoms with Gasteiger partial charge >= 0.3 is 0 Å². The molecule has 0 bridgehead atoms. The SMILES string of the molecule is N#CCCCCS(=O)c1ccc(F)cc1N. The first-order valence-corrected chi connectivity index (χ1v) is 6.27. The van der Waals surface area contributed by atoms with Crippen molar-refractivity contribution in [3.05, 3.63) is 24.0 Å². The Kier molecular flexibility index (Phi) is 4.93. The highest BCUT2D eigenvalue weighted by Gasteiger charge is 2.08. The van der Waals surface area contributed by atoms with E-state index in [1.165, 1.54) is 18.2 Å². The molecule has 1 unspecified atom stereocenters. The summed E-state index contributed by atoms with van der Waals surface area (Å²) in [4.78, 5) is 0.471. The van der Waals surface area contributed by atoms with Gasteiger partial charge in [0.2, 0.25) is 0 Å². The average Bonchev–Trinajstić information content (AvgIpc) is 2.24. The van der Waals surface area contributed by atoms with Crippen LogP contribution in [0.5, 0.6) is 0 Å². The van der Waals surface area contributed by atoms with Gasteiger partial charge in [0.15, 0.2) is 0 Å². The van der Waals surface area contributed by atoms with E-state index < -0.39 is 16.6 Å². The highest BCUT2D eigenvalue weighted by atomic mass is 32.2. The third-order valence-electron chi connectivity index (χ3n) is 2.09. The van der Waals surface area contributed by atoms with Gasteiger partial charge in [-0.2, -0.15) is 5.26 Å². The van der Waals surface area contributed by atoms with Gasteiger partial charge in [-0.05, 0) is 31.0 Å². The number of benzene rings is 1. The summed E-state index contributed by atoms with van der Waals surface area (Å²) in [6.07, 6.45) is 1.90. The lowest BCUT2D eigenvalue weighted by Gasteiger charge is -2.05. The molecular formula is C11H13FN2OS. The van der Waals surface area contributed by atoms with Crippen LogP contribution in [0.1, 0.15) is 19.3 Å². The molecule has 86 valence electrons. The molecular weight excluding hydrogens is 227 g/mol. The number of anilines is 1. The van der Waals surface area contributed by atoms with E-state index in [1.54, 1.807) is 0 Å². The molecule has 0 aliphatic heterocycles. The zero-order valence-corrected chi connectivity index (χ0v) is 9.60. The molecule has 1 aromatic carbocycles. The molecule has 0 fully saturated rings. The van der Waals surface area contributed by atoms with Crippen molar-refractivity contribution in [3.8, 4) is 6.07 Å². The highest BCUT2D eigenvalue weighted by molar-refractivity contribution is 7.85. The van der Waals surface area contributed by atoms with E-state index in [0.29, 0.717) is 23.5 Å². The van der Waals surface area contributed by atoms with E-state index >= 15 is 0 Å². The molecule has 0 aliphatic rings. The number of unbranched alkanes of at least 4 members (excludes halogenated alkanes) is 2. The number of nitriles is 1. The predicted octanol–water partition coefficient (Wildman–Crippen LogP) is 2.21. The summed E-state index contributed by atoms with van der Waals surface area (Å²) < 4.78 is 24.5. The molecule has 1 atom stereocenters. The molecule has 0 heterocycles. The van der Waals surface area contributed by atoms with Crippen molar-refractivity contribution in [1.82, 2.24) is 0 Å².